The highest BCUT2D eigenvalue weighted by molar-refractivity contribution is 7.18. The van der Waals surface area contributed by atoms with E-state index in [1.165, 1.54) is 10.4 Å². The van der Waals surface area contributed by atoms with Crippen molar-refractivity contribution in [3.63, 3.8) is 0 Å². The van der Waals surface area contributed by atoms with Gasteiger partial charge in [0.05, 0.1) is 18.2 Å². The Hall–Kier alpha value is -3.19. The van der Waals surface area contributed by atoms with Crippen LogP contribution in [0.3, 0.4) is 0 Å². The number of amides is 1. The maximum Gasteiger partial charge on any atom is 0.251 e. The lowest BCUT2D eigenvalue weighted by Crippen LogP contribution is -2.22. The number of hydrogen-bond donors (Lipinski definition) is 2. The molecule has 0 atom stereocenters. The molecule has 4 rings (SSSR count). The molecule has 0 saturated heterocycles. The average Bonchev–Trinajstić information content (AvgIpc) is 3.33. The zero-order valence-corrected chi connectivity index (χ0v) is 17.4. The number of hydrogen-bond acceptors (Lipinski definition) is 6. The number of furan rings is 1. The zero-order chi connectivity index (χ0) is 20.4. The van der Waals surface area contributed by atoms with E-state index in [-0.39, 0.29) is 5.91 Å². The smallest absolute Gasteiger partial charge is 0.251 e. The van der Waals surface area contributed by atoms with E-state index in [0.29, 0.717) is 18.7 Å². The van der Waals surface area contributed by atoms with Crippen LogP contribution in [-0.2, 0) is 13.1 Å². The summed E-state index contributed by atoms with van der Waals surface area (Å²) in [4.78, 5) is 23.7. The van der Waals surface area contributed by atoms with Gasteiger partial charge in [0.1, 0.15) is 22.2 Å². The van der Waals surface area contributed by atoms with E-state index < -0.39 is 0 Å². The molecule has 0 unspecified atom stereocenters. The van der Waals surface area contributed by atoms with Crippen molar-refractivity contribution in [2.75, 3.05) is 5.32 Å². The third kappa shape index (κ3) is 4.14. The molecular formula is C22H22N4O2S. The second-order valence-corrected chi connectivity index (χ2v) is 8.10. The summed E-state index contributed by atoms with van der Waals surface area (Å²) in [6, 6.07) is 11.2. The molecule has 0 aliphatic heterocycles. The first kappa shape index (κ1) is 19.1. The predicted molar refractivity (Wildman–Crippen MR) is 115 cm³/mol. The number of benzene rings is 1. The summed E-state index contributed by atoms with van der Waals surface area (Å²) in [5, 5.41) is 7.37. The molecule has 1 amide bonds. The summed E-state index contributed by atoms with van der Waals surface area (Å²) in [5.41, 5.74) is 2.91. The van der Waals surface area contributed by atoms with Crippen LogP contribution in [-0.4, -0.2) is 15.9 Å². The maximum atomic E-state index is 12.3. The van der Waals surface area contributed by atoms with Crippen LogP contribution in [0.25, 0.3) is 10.2 Å². The molecule has 4 aromatic rings. The van der Waals surface area contributed by atoms with E-state index >= 15 is 0 Å². The topological polar surface area (TPSA) is 80.0 Å². The van der Waals surface area contributed by atoms with Gasteiger partial charge < -0.3 is 15.1 Å². The van der Waals surface area contributed by atoms with Crippen LogP contribution in [0, 0.1) is 20.8 Å². The standard InChI is InChI=1S/C22H22N4O2S/c1-13-14(2)29-22-19(13)20(25-15(3)26-22)23-11-16-6-8-17(9-7-16)21(27)24-12-18-5-4-10-28-18/h4-10H,11-12H2,1-3H3,(H,24,27)(H,23,25,26). The molecule has 29 heavy (non-hydrogen) atoms. The van der Waals surface area contributed by atoms with Gasteiger partial charge in [-0.2, -0.15) is 0 Å². The summed E-state index contributed by atoms with van der Waals surface area (Å²) >= 11 is 1.70. The first-order chi connectivity index (χ1) is 14.0. The Bertz CT molecular complexity index is 1150. The van der Waals surface area contributed by atoms with Crippen LogP contribution in [0.15, 0.2) is 47.1 Å². The summed E-state index contributed by atoms with van der Waals surface area (Å²) < 4.78 is 5.23. The van der Waals surface area contributed by atoms with Crippen LogP contribution >= 0.6 is 11.3 Å². The number of rotatable bonds is 6. The molecule has 3 heterocycles. The molecule has 2 N–H and O–H groups in total. The molecule has 0 aliphatic carbocycles. The number of nitrogens with one attached hydrogen (secondary N) is 2. The fourth-order valence-corrected chi connectivity index (χ4v) is 4.20. The van der Waals surface area contributed by atoms with Crippen LogP contribution in [0.1, 0.15) is 37.9 Å². The number of fused-ring (bicyclic) bond motifs is 1. The molecule has 0 saturated carbocycles. The van der Waals surface area contributed by atoms with Gasteiger partial charge in [0.2, 0.25) is 0 Å². The molecular weight excluding hydrogens is 384 g/mol. The minimum atomic E-state index is -0.126. The van der Waals surface area contributed by atoms with Gasteiger partial charge in [-0.05, 0) is 56.2 Å². The molecule has 6 nitrogen and oxygen atoms in total. The first-order valence-electron chi connectivity index (χ1n) is 9.39. The Labute approximate surface area is 173 Å². The minimum absolute atomic E-state index is 0.126. The summed E-state index contributed by atoms with van der Waals surface area (Å²) in [7, 11) is 0. The van der Waals surface area contributed by atoms with Crippen molar-refractivity contribution in [1.29, 1.82) is 0 Å². The molecule has 0 aliphatic rings. The fourth-order valence-electron chi connectivity index (χ4n) is 3.13. The quantitative estimate of drug-likeness (QED) is 0.483. The highest BCUT2D eigenvalue weighted by Gasteiger charge is 2.13. The third-order valence-electron chi connectivity index (χ3n) is 4.82. The fraction of sp³-hybridized carbons (Fsp3) is 0.227. The molecule has 0 bridgehead atoms. The average molecular weight is 407 g/mol. The lowest BCUT2D eigenvalue weighted by atomic mass is 10.1. The number of aryl methyl sites for hydroxylation is 3. The van der Waals surface area contributed by atoms with Crippen LogP contribution < -0.4 is 10.6 Å². The van der Waals surface area contributed by atoms with E-state index in [4.69, 9.17) is 4.42 Å². The summed E-state index contributed by atoms with van der Waals surface area (Å²) in [6.07, 6.45) is 1.59. The van der Waals surface area contributed by atoms with Gasteiger partial charge >= 0.3 is 0 Å². The van der Waals surface area contributed by atoms with Gasteiger partial charge in [-0.25, -0.2) is 9.97 Å². The molecule has 0 radical (unpaired) electrons. The monoisotopic (exact) mass is 406 g/mol. The van der Waals surface area contributed by atoms with Crippen molar-refractivity contribution < 1.29 is 9.21 Å². The third-order valence-corrected chi connectivity index (χ3v) is 5.92. The Morgan fingerprint density at radius 3 is 2.59 bits per heavy atom. The van der Waals surface area contributed by atoms with Gasteiger partial charge in [0, 0.05) is 17.0 Å². The second-order valence-electron chi connectivity index (χ2n) is 6.90. The van der Waals surface area contributed by atoms with E-state index in [0.717, 1.165) is 33.2 Å². The molecule has 0 fully saturated rings. The van der Waals surface area contributed by atoms with Crippen molar-refractivity contribution in [3.05, 3.63) is 75.8 Å². The van der Waals surface area contributed by atoms with E-state index in [2.05, 4.69) is 34.4 Å². The SMILES string of the molecule is Cc1nc(NCc2ccc(C(=O)NCc3ccco3)cc2)c2c(C)c(C)sc2n1. The molecule has 1 aromatic carbocycles. The Morgan fingerprint density at radius 2 is 1.86 bits per heavy atom. The van der Waals surface area contributed by atoms with Gasteiger partial charge in [-0.15, -0.1) is 11.3 Å². The lowest BCUT2D eigenvalue weighted by Gasteiger charge is -2.09. The number of carbonyl (C=O) groups is 1. The van der Waals surface area contributed by atoms with Crippen molar-refractivity contribution >= 4 is 33.3 Å². The Balaban J connectivity index is 1.43. The number of nitrogens with zero attached hydrogens (tertiary/aromatic N) is 2. The number of thiophene rings is 1. The van der Waals surface area contributed by atoms with Crippen LogP contribution in [0.2, 0.25) is 0 Å². The zero-order valence-electron chi connectivity index (χ0n) is 16.6. The maximum absolute atomic E-state index is 12.3. The number of anilines is 1. The van der Waals surface area contributed by atoms with E-state index in [1.54, 1.807) is 23.7 Å². The highest BCUT2D eigenvalue weighted by atomic mass is 32.1. The number of carbonyl (C=O) groups excluding carboxylic acids is 1. The molecule has 0 spiro atoms. The molecule has 3 aromatic heterocycles. The van der Waals surface area contributed by atoms with E-state index in [9.17, 15) is 4.79 Å². The van der Waals surface area contributed by atoms with Gasteiger partial charge in [-0.1, -0.05) is 12.1 Å². The van der Waals surface area contributed by atoms with Gasteiger partial charge in [0.15, 0.2) is 0 Å². The molecule has 148 valence electrons. The normalized spacial score (nSPS) is 11.0. The number of aromatic nitrogens is 2. The first-order valence-corrected chi connectivity index (χ1v) is 10.2. The molecule has 7 heteroatoms. The predicted octanol–water partition coefficient (Wildman–Crippen LogP) is 4.75. The van der Waals surface area contributed by atoms with Crippen molar-refractivity contribution in [2.45, 2.75) is 33.9 Å². The van der Waals surface area contributed by atoms with Crippen molar-refractivity contribution in [2.24, 2.45) is 0 Å². The Kier molecular flexibility index (Phi) is 5.31. The largest absolute Gasteiger partial charge is 0.467 e. The lowest BCUT2D eigenvalue weighted by molar-refractivity contribution is 0.0948. The van der Waals surface area contributed by atoms with Crippen LogP contribution in [0.4, 0.5) is 5.82 Å². The van der Waals surface area contributed by atoms with Gasteiger partial charge in [0.25, 0.3) is 5.91 Å². The minimum Gasteiger partial charge on any atom is -0.467 e. The summed E-state index contributed by atoms with van der Waals surface area (Å²) in [5.74, 6) is 2.21. The highest BCUT2D eigenvalue weighted by Crippen LogP contribution is 2.33. The van der Waals surface area contributed by atoms with Crippen LogP contribution in [0.5, 0.6) is 0 Å². The van der Waals surface area contributed by atoms with Crippen molar-refractivity contribution in [1.82, 2.24) is 15.3 Å². The van der Waals surface area contributed by atoms with Gasteiger partial charge in [-0.3, -0.25) is 4.79 Å². The Morgan fingerprint density at radius 1 is 1.07 bits per heavy atom. The van der Waals surface area contributed by atoms with Crippen molar-refractivity contribution in [3.8, 4) is 0 Å². The summed E-state index contributed by atoms with van der Waals surface area (Å²) in [6.45, 7) is 7.11. The second kappa shape index (κ2) is 8.05. The van der Waals surface area contributed by atoms with E-state index in [1.807, 2.05) is 37.3 Å².